The zero-order valence-corrected chi connectivity index (χ0v) is 5.69. The molecule has 0 nitrogen and oxygen atoms in total. The Morgan fingerprint density at radius 1 is 1.00 bits per heavy atom. The van der Waals surface area contributed by atoms with Gasteiger partial charge in [0, 0.05) is 4.70 Å². The van der Waals surface area contributed by atoms with Crippen LogP contribution >= 0.6 is 11.3 Å². The van der Waals surface area contributed by atoms with E-state index >= 15 is 0 Å². The fourth-order valence-electron chi connectivity index (χ4n) is 0.906. The molecule has 0 aliphatic heterocycles. The predicted octanol–water partition coefficient (Wildman–Crippen LogP) is 2.25. The topological polar surface area (TPSA) is 0 Å². The molecular formula is C8H7KS. The van der Waals surface area contributed by atoms with E-state index in [1.807, 2.05) is 0 Å². The average Bonchev–Trinajstić information content (AvgIpc) is 2.33. The normalized spacial score (nSPS) is 9.20. The summed E-state index contributed by atoms with van der Waals surface area (Å²) in [6, 6.07) is 10.5. The van der Waals surface area contributed by atoms with Crippen LogP contribution in [0.4, 0.5) is 0 Å². The fourth-order valence-corrected chi connectivity index (χ4v) is 1.70. The molecule has 0 saturated carbocycles. The molecule has 0 saturated heterocycles. The van der Waals surface area contributed by atoms with Gasteiger partial charge in [-0.1, -0.05) is 18.2 Å². The zero-order valence-electron chi connectivity index (χ0n) is 4.87. The van der Waals surface area contributed by atoms with Crippen molar-refractivity contribution in [1.82, 2.24) is 0 Å². The molecule has 0 fully saturated rings. The molecule has 0 aliphatic carbocycles. The largest absolute Gasteiger partial charge is 0.144 e. The van der Waals surface area contributed by atoms with Crippen molar-refractivity contribution in [1.29, 1.82) is 0 Å². The molecular weight excluding hydrogens is 167 g/mol. The summed E-state index contributed by atoms with van der Waals surface area (Å²) in [4.78, 5) is 0. The van der Waals surface area contributed by atoms with E-state index < -0.39 is 0 Å². The summed E-state index contributed by atoms with van der Waals surface area (Å²) in [6.45, 7) is 0. The predicted molar refractivity (Wildman–Crippen MR) is 49.0 cm³/mol. The van der Waals surface area contributed by atoms with E-state index in [0.29, 0.717) is 0 Å². The first kappa shape index (κ1) is 8.91. The second-order valence-corrected chi connectivity index (χ2v) is 2.91. The molecule has 46 valence electrons. The van der Waals surface area contributed by atoms with Gasteiger partial charge in [-0.2, -0.15) is 0 Å². The van der Waals surface area contributed by atoms with Gasteiger partial charge in [0.25, 0.3) is 0 Å². The summed E-state index contributed by atoms with van der Waals surface area (Å²) in [5.41, 5.74) is 0. The smallest absolute Gasteiger partial charge is 0.0342 e. The Labute approximate surface area is 107 Å². The zero-order chi connectivity index (χ0) is 6.10. The first-order chi connectivity index (χ1) is 4.47. The van der Waals surface area contributed by atoms with Crippen LogP contribution in [0.2, 0.25) is 0 Å². The van der Waals surface area contributed by atoms with E-state index in [1.165, 1.54) is 10.1 Å². The Morgan fingerprint density at radius 2 is 1.80 bits per heavy atom. The molecule has 2 rings (SSSR count). The Balaban J connectivity index is 0.000000500. The molecule has 0 bridgehead atoms. The molecule has 1 heterocycles. The minimum Gasteiger partial charge on any atom is -0.144 e. The molecule has 0 unspecified atom stereocenters. The molecule has 1 aromatic carbocycles. The average molecular weight is 174 g/mol. The molecule has 0 amide bonds. The summed E-state index contributed by atoms with van der Waals surface area (Å²) >= 11 is 1.79. The fraction of sp³-hybridized carbons (Fsp3) is 0. The molecule has 2 heteroatoms. The molecule has 0 N–H and O–H groups in total. The molecule has 0 radical (unpaired) electrons. The van der Waals surface area contributed by atoms with Crippen LogP contribution in [0, 0.1) is 0 Å². The van der Waals surface area contributed by atoms with Crippen molar-refractivity contribution >= 4 is 72.8 Å². The second kappa shape index (κ2) is 4.00. The van der Waals surface area contributed by atoms with Gasteiger partial charge >= 0.3 is 51.4 Å². The monoisotopic (exact) mass is 174 g/mol. The third kappa shape index (κ3) is 1.70. The van der Waals surface area contributed by atoms with Crippen LogP contribution in [0.15, 0.2) is 35.7 Å². The number of fused-ring (bicyclic) bond motifs is 1. The van der Waals surface area contributed by atoms with Crippen LogP contribution < -0.4 is 0 Å². The molecule has 0 spiro atoms. The Bertz CT molecular complexity index is 283. The number of benzene rings is 1. The Kier molecular flexibility index (Phi) is 3.56. The quantitative estimate of drug-likeness (QED) is 0.537. The van der Waals surface area contributed by atoms with E-state index in [1.54, 1.807) is 11.3 Å². The van der Waals surface area contributed by atoms with Gasteiger partial charge in [0.05, 0.1) is 0 Å². The van der Waals surface area contributed by atoms with E-state index in [2.05, 4.69) is 35.7 Å². The maximum Gasteiger partial charge on any atom is 0.0342 e. The van der Waals surface area contributed by atoms with Gasteiger partial charge in [0.15, 0.2) is 0 Å². The minimum absolute atomic E-state index is 0. The summed E-state index contributed by atoms with van der Waals surface area (Å²) in [5.74, 6) is 0. The van der Waals surface area contributed by atoms with Gasteiger partial charge in [0.1, 0.15) is 0 Å². The number of hydrogen-bond donors (Lipinski definition) is 0. The first-order valence-electron chi connectivity index (χ1n) is 2.89. The van der Waals surface area contributed by atoms with Crippen molar-refractivity contribution in [2.45, 2.75) is 0 Å². The van der Waals surface area contributed by atoms with Crippen molar-refractivity contribution in [3.05, 3.63) is 35.7 Å². The summed E-state index contributed by atoms with van der Waals surface area (Å²) < 4.78 is 1.37. The van der Waals surface area contributed by atoms with Crippen LogP contribution in [0.5, 0.6) is 0 Å². The summed E-state index contributed by atoms with van der Waals surface area (Å²) in [7, 11) is 0. The van der Waals surface area contributed by atoms with Crippen molar-refractivity contribution in [2.24, 2.45) is 0 Å². The van der Waals surface area contributed by atoms with Crippen LogP contribution in [-0.2, 0) is 0 Å². The second-order valence-electron chi connectivity index (χ2n) is 1.96. The Morgan fingerprint density at radius 3 is 2.60 bits per heavy atom. The van der Waals surface area contributed by atoms with E-state index in [0.717, 1.165) is 0 Å². The van der Waals surface area contributed by atoms with Crippen molar-refractivity contribution in [2.75, 3.05) is 0 Å². The Hall–Kier alpha value is 0.816. The summed E-state index contributed by atoms with van der Waals surface area (Å²) in [6.07, 6.45) is 0. The SMILES string of the molecule is [KH].c1ccc2sccc2c1. The van der Waals surface area contributed by atoms with Crippen molar-refractivity contribution in [3.8, 4) is 0 Å². The van der Waals surface area contributed by atoms with Gasteiger partial charge in [-0.15, -0.1) is 11.3 Å². The van der Waals surface area contributed by atoms with Crippen molar-refractivity contribution < 1.29 is 0 Å². The van der Waals surface area contributed by atoms with Gasteiger partial charge in [-0.05, 0) is 22.9 Å². The number of rotatable bonds is 0. The first-order valence-corrected chi connectivity index (χ1v) is 3.77. The van der Waals surface area contributed by atoms with Crippen LogP contribution in [0.1, 0.15) is 0 Å². The van der Waals surface area contributed by atoms with Crippen LogP contribution in [0.3, 0.4) is 0 Å². The van der Waals surface area contributed by atoms with E-state index in [-0.39, 0.29) is 51.4 Å². The maximum absolute atomic E-state index is 2.14. The molecule has 0 aliphatic rings. The van der Waals surface area contributed by atoms with Gasteiger partial charge in [0.2, 0.25) is 0 Å². The standard InChI is InChI=1S/C8H6S.K.H/c1-2-4-8-7(3-1)5-6-9-8;;/h1-6H;;. The third-order valence-electron chi connectivity index (χ3n) is 1.36. The maximum atomic E-state index is 2.14. The van der Waals surface area contributed by atoms with Crippen molar-refractivity contribution in [3.63, 3.8) is 0 Å². The van der Waals surface area contributed by atoms with Crippen LogP contribution in [-0.4, -0.2) is 51.4 Å². The van der Waals surface area contributed by atoms with Crippen LogP contribution in [0.25, 0.3) is 10.1 Å². The van der Waals surface area contributed by atoms with Gasteiger partial charge in [-0.3, -0.25) is 0 Å². The summed E-state index contributed by atoms with van der Waals surface area (Å²) in [5, 5.41) is 3.47. The van der Waals surface area contributed by atoms with E-state index in [9.17, 15) is 0 Å². The minimum atomic E-state index is 0. The molecule has 2 aromatic rings. The van der Waals surface area contributed by atoms with E-state index in [4.69, 9.17) is 0 Å². The number of thiophene rings is 1. The molecule has 10 heavy (non-hydrogen) atoms. The van der Waals surface area contributed by atoms with Gasteiger partial charge in [-0.25, -0.2) is 0 Å². The molecule has 1 aromatic heterocycles. The van der Waals surface area contributed by atoms with Gasteiger partial charge < -0.3 is 0 Å². The molecule has 0 atom stereocenters. The number of hydrogen-bond acceptors (Lipinski definition) is 1. The third-order valence-corrected chi connectivity index (χ3v) is 2.26.